The second-order valence-corrected chi connectivity index (χ2v) is 5.24. The van der Waals surface area contributed by atoms with Gasteiger partial charge in [-0.3, -0.25) is 0 Å². The molecule has 0 bridgehead atoms. The van der Waals surface area contributed by atoms with Crippen molar-refractivity contribution in [1.82, 2.24) is 0 Å². The smallest absolute Gasteiger partial charge is 0.171 e. The number of aryl methyl sites for hydroxylation is 2. The minimum Gasteiger partial charge on any atom is -0.481 e. The molecule has 1 aromatic carbocycles. The molecule has 0 saturated carbocycles. The standard InChI is InChI=1S/C17H23NO2/c1-4-5-14-7-9-15(10-8-14)20-17(13(3)18)16-11-6-12(2)19-16/h6-11,13,17H,4-5,18H2,1-3H3. The van der Waals surface area contributed by atoms with E-state index in [0.717, 1.165) is 30.1 Å². The summed E-state index contributed by atoms with van der Waals surface area (Å²) in [6.07, 6.45) is 1.98. The lowest BCUT2D eigenvalue weighted by atomic mass is 10.1. The Morgan fingerprint density at radius 3 is 2.35 bits per heavy atom. The summed E-state index contributed by atoms with van der Waals surface area (Å²) in [6, 6.07) is 11.9. The van der Waals surface area contributed by atoms with Crippen LogP contribution in [0.5, 0.6) is 5.75 Å². The van der Waals surface area contributed by atoms with Crippen molar-refractivity contribution < 1.29 is 9.15 Å². The molecule has 20 heavy (non-hydrogen) atoms. The maximum Gasteiger partial charge on any atom is 0.171 e. The summed E-state index contributed by atoms with van der Waals surface area (Å²) >= 11 is 0. The Labute approximate surface area is 120 Å². The number of rotatable bonds is 6. The Kier molecular flexibility index (Phi) is 4.85. The van der Waals surface area contributed by atoms with E-state index >= 15 is 0 Å². The van der Waals surface area contributed by atoms with Gasteiger partial charge in [-0.15, -0.1) is 0 Å². The fourth-order valence-electron chi connectivity index (χ4n) is 2.20. The highest BCUT2D eigenvalue weighted by atomic mass is 16.5. The van der Waals surface area contributed by atoms with Crippen LogP contribution in [0.1, 0.15) is 43.5 Å². The molecule has 0 aliphatic carbocycles. The summed E-state index contributed by atoms with van der Waals surface area (Å²) in [6.45, 7) is 6.02. The van der Waals surface area contributed by atoms with Gasteiger partial charge in [0.1, 0.15) is 17.3 Å². The third kappa shape index (κ3) is 3.64. The maximum atomic E-state index is 6.02. The lowest BCUT2D eigenvalue weighted by Gasteiger charge is -2.20. The number of benzene rings is 1. The third-order valence-corrected chi connectivity index (χ3v) is 3.24. The van der Waals surface area contributed by atoms with Crippen LogP contribution in [-0.2, 0) is 6.42 Å². The van der Waals surface area contributed by atoms with Gasteiger partial charge in [0.2, 0.25) is 0 Å². The van der Waals surface area contributed by atoms with Gasteiger partial charge in [0, 0.05) is 6.04 Å². The van der Waals surface area contributed by atoms with Crippen molar-refractivity contribution in [3.63, 3.8) is 0 Å². The molecule has 0 aliphatic rings. The molecular weight excluding hydrogens is 250 g/mol. The summed E-state index contributed by atoms with van der Waals surface area (Å²) in [4.78, 5) is 0. The minimum absolute atomic E-state index is 0.143. The van der Waals surface area contributed by atoms with Gasteiger partial charge >= 0.3 is 0 Å². The number of hydrogen-bond donors (Lipinski definition) is 1. The van der Waals surface area contributed by atoms with Crippen LogP contribution < -0.4 is 10.5 Å². The van der Waals surface area contributed by atoms with Gasteiger partial charge in [0.15, 0.2) is 6.10 Å². The summed E-state index contributed by atoms with van der Waals surface area (Å²) in [5, 5.41) is 0. The predicted molar refractivity (Wildman–Crippen MR) is 80.9 cm³/mol. The van der Waals surface area contributed by atoms with E-state index in [9.17, 15) is 0 Å². The first-order chi connectivity index (χ1) is 9.60. The van der Waals surface area contributed by atoms with Crippen LogP contribution in [0.3, 0.4) is 0 Å². The molecular formula is C17H23NO2. The highest BCUT2D eigenvalue weighted by molar-refractivity contribution is 5.28. The van der Waals surface area contributed by atoms with Crippen LogP contribution in [-0.4, -0.2) is 6.04 Å². The molecule has 0 fully saturated rings. The largest absolute Gasteiger partial charge is 0.481 e. The van der Waals surface area contributed by atoms with E-state index in [1.54, 1.807) is 0 Å². The SMILES string of the molecule is CCCc1ccc(OC(c2ccc(C)o2)C(C)N)cc1. The van der Waals surface area contributed by atoms with E-state index in [1.165, 1.54) is 5.56 Å². The zero-order chi connectivity index (χ0) is 14.5. The van der Waals surface area contributed by atoms with E-state index in [2.05, 4.69) is 19.1 Å². The zero-order valence-corrected chi connectivity index (χ0v) is 12.4. The molecule has 0 radical (unpaired) electrons. The molecule has 2 rings (SSSR count). The molecule has 2 unspecified atom stereocenters. The summed E-state index contributed by atoms with van der Waals surface area (Å²) in [5.74, 6) is 2.46. The quantitative estimate of drug-likeness (QED) is 0.865. The van der Waals surface area contributed by atoms with Gasteiger partial charge in [-0.2, -0.15) is 0 Å². The van der Waals surface area contributed by atoms with E-state index in [-0.39, 0.29) is 12.1 Å². The van der Waals surface area contributed by atoms with Gasteiger partial charge in [0.25, 0.3) is 0 Å². The second-order valence-electron chi connectivity index (χ2n) is 5.24. The minimum atomic E-state index is -0.263. The number of nitrogens with two attached hydrogens (primary N) is 1. The maximum absolute atomic E-state index is 6.02. The Hall–Kier alpha value is -1.74. The molecule has 1 aromatic heterocycles. The molecule has 3 heteroatoms. The van der Waals surface area contributed by atoms with Gasteiger partial charge in [-0.25, -0.2) is 0 Å². The first kappa shape index (κ1) is 14.7. The van der Waals surface area contributed by atoms with Crippen molar-refractivity contribution in [1.29, 1.82) is 0 Å². The Balaban J connectivity index is 2.12. The molecule has 0 aliphatic heterocycles. The lowest BCUT2D eigenvalue weighted by molar-refractivity contribution is 0.152. The van der Waals surface area contributed by atoms with Crippen LogP contribution in [0.4, 0.5) is 0 Å². The Morgan fingerprint density at radius 2 is 1.85 bits per heavy atom. The number of furan rings is 1. The summed E-state index contributed by atoms with van der Waals surface area (Å²) < 4.78 is 11.6. The molecule has 2 atom stereocenters. The van der Waals surface area contributed by atoms with Gasteiger partial charge in [-0.05, 0) is 50.1 Å². The van der Waals surface area contributed by atoms with Gasteiger partial charge in [0.05, 0.1) is 0 Å². The highest BCUT2D eigenvalue weighted by Gasteiger charge is 2.21. The van der Waals surface area contributed by atoms with E-state index in [0.29, 0.717) is 0 Å². The average Bonchev–Trinajstić information content (AvgIpc) is 2.84. The van der Waals surface area contributed by atoms with Crippen molar-refractivity contribution in [2.24, 2.45) is 5.73 Å². The average molecular weight is 273 g/mol. The zero-order valence-electron chi connectivity index (χ0n) is 12.4. The fraction of sp³-hybridized carbons (Fsp3) is 0.412. The van der Waals surface area contributed by atoms with Gasteiger partial charge < -0.3 is 14.9 Å². The van der Waals surface area contributed by atoms with Crippen molar-refractivity contribution in [3.8, 4) is 5.75 Å². The first-order valence-corrected chi connectivity index (χ1v) is 7.17. The molecule has 0 saturated heterocycles. The lowest BCUT2D eigenvalue weighted by Crippen LogP contribution is -2.28. The molecule has 2 aromatic rings. The topological polar surface area (TPSA) is 48.4 Å². The molecule has 1 heterocycles. The second kappa shape index (κ2) is 6.62. The Bertz CT molecular complexity index is 528. The summed E-state index contributed by atoms with van der Waals surface area (Å²) in [7, 11) is 0. The van der Waals surface area contributed by atoms with Crippen LogP contribution in [0, 0.1) is 6.92 Å². The highest BCUT2D eigenvalue weighted by Crippen LogP contribution is 2.26. The summed E-state index contributed by atoms with van der Waals surface area (Å²) in [5.41, 5.74) is 7.34. The van der Waals surface area contributed by atoms with Crippen molar-refractivity contribution >= 4 is 0 Å². The van der Waals surface area contributed by atoms with E-state index in [1.807, 2.05) is 38.1 Å². The Morgan fingerprint density at radius 1 is 1.15 bits per heavy atom. The van der Waals surface area contributed by atoms with E-state index in [4.69, 9.17) is 14.9 Å². The van der Waals surface area contributed by atoms with Gasteiger partial charge in [-0.1, -0.05) is 25.5 Å². The monoisotopic (exact) mass is 273 g/mol. The molecule has 3 nitrogen and oxygen atoms in total. The van der Waals surface area contributed by atoms with Crippen LogP contribution in [0.15, 0.2) is 40.8 Å². The number of hydrogen-bond acceptors (Lipinski definition) is 3. The molecule has 108 valence electrons. The number of ether oxygens (including phenoxy) is 1. The molecule has 0 amide bonds. The normalized spacial score (nSPS) is 14.0. The van der Waals surface area contributed by atoms with Crippen LogP contribution in [0.2, 0.25) is 0 Å². The van der Waals surface area contributed by atoms with Crippen LogP contribution >= 0.6 is 0 Å². The molecule has 2 N–H and O–H groups in total. The van der Waals surface area contributed by atoms with Crippen LogP contribution in [0.25, 0.3) is 0 Å². The first-order valence-electron chi connectivity index (χ1n) is 7.17. The van der Waals surface area contributed by atoms with E-state index < -0.39 is 0 Å². The predicted octanol–water partition coefficient (Wildman–Crippen LogP) is 4.01. The third-order valence-electron chi connectivity index (χ3n) is 3.24. The molecule has 0 spiro atoms. The fourth-order valence-corrected chi connectivity index (χ4v) is 2.20. The van der Waals surface area contributed by atoms with Crippen molar-refractivity contribution in [3.05, 3.63) is 53.5 Å². The van der Waals surface area contributed by atoms with Crippen molar-refractivity contribution in [2.75, 3.05) is 0 Å². The van der Waals surface area contributed by atoms with Crippen molar-refractivity contribution in [2.45, 2.75) is 45.8 Å².